The second kappa shape index (κ2) is 3.65. The number of nitrogens with zero attached hydrogens (tertiary/aromatic N) is 1. The van der Waals surface area contributed by atoms with Gasteiger partial charge in [-0.25, -0.2) is 0 Å². The lowest BCUT2D eigenvalue weighted by atomic mass is 10.1. The van der Waals surface area contributed by atoms with Gasteiger partial charge in [-0.2, -0.15) is 4.73 Å². The molecule has 0 aliphatic rings. The van der Waals surface area contributed by atoms with Crippen molar-refractivity contribution in [2.45, 2.75) is 26.3 Å². The zero-order valence-electron chi connectivity index (χ0n) is 8.57. The standard InChI is InChI=1S/C10H14N2O2/c1-10(2,3)11-9(13)8-4-6-12(14)7-5-8/h4-7H,1-3H3,(H,11,13). The van der Waals surface area contributed by atoms with Gasteiger partial charge in [0.05, 0.1) is 5.56 Å². The predicted molar refractivity (Wildman–Crippen MR) is 52.6 cm³/mol. The molecule has 0 spiro atoms. The molecule has 14 heavy (non-hydrogen) atoms. The highest BCUT2D eigenvalue weighted by molar-refractivity contribution is 5.94. The van der Waals surface area contributed by atoms with E-state index < -0.39 is 0 Å². The molecular weight excluding hydrogens is 180 g/mol. The van der Waals surface area contributed by atoms with Crippen molar-refractivity contribution in [3.05, 3.63) is 35.3 Å². The van der Waals surface area contributed by atoms with E-state index in [1.807, 2.05) is 20.8 Å². The molecule has 1 heterocycles. The normalized spacial score (nSPS) is 11.1. The van der Waals surface area contributed by atoms with Gasteiger partial charge < -0.3 is 10.5 Å². The molecule has 1 aromatic rings. The fraction of sp³-hybridized carbons (Fsp3) is 0.400. The lowest BCUT2D eigenvalue weighted by Crippen LogP contribution is -2.40. The number of carbonyl (C=O) groups excluding carboxylic acids is 1. The molecule has 0 saturated carbocycles. The summed E-state index contributed by atoms with van der Waals surface area (Å²) in [6.07, 6.45) is 2.61. The van der Waals surface area contributed by atoms with Crippen molar-refractivity contribution in [3.8, 4) is 0 Å². The summed E-state index contributed by atoms with van der Waals surface area (Å²) in [7, 11) is 0. The van der Waals surface area contributed by atoms with Gasteiger partial charge in [-0.05, 0) is 20.8 Å². The number of hydrogen-bond donors (Lipinski definition) is 1. The molecule has 4 heteroatoms. The van der Waals surface area contributed by atoms with Crippen LogP contribution < -0.4 is 10.0 Å². The smallest absolute Gasteiger partial charge is 0.252 e. The van der Waals surface area contributed by atoms with Gasteiger partial charge in [0.1, 0.15) is 0 Å². The number of pyridine rings is 1. The van der Waals surface area contributed by atoms with Gasteiger partial charge in [0.2, 0.25) is 0 Å². The Labute approximate surface area is 83.1 Å². The molecule has 1 N–H and O–H groups in total. The number of carbonyl (C=O) groups is 1. The van der Waals surface area contributed by atoms with E-state index >= 15 is 0 Å². The van der Waals surface area contributed by atoms with E-state index in [1.54, 1.807) is 0 Å². The van der Waals surface area contributed by atoms with E-state index in [4.69, 9.17) is 0 Å². The van der Waals surface area contributed by atoms with Crippen LogP contribution in [0, 0.1) is 5.21 Å². The second-order valence-corrected chi connectivity index (χ2v) is 4.15. The first-order chi connectivity index (χ1) is 6.38. The summed E-state index contributed by atoms with van der Waals surface area (Å²) in [4.78, 5) is 11.5. The first kappa shape index (κ1) is 10.5. The van der Waals surface area contributed by atoms with E-state index in [-0.39, 0.29) is 11.4 Å². The Morgan fingerprint density at radius 2 is 1.86 bits per heavy atom. The quantitative estimate of drug-likeness (QED) is 0.532. The Bertz CT molecular complexity index is 325. The van der Waals surface area contributed by atoms with Crippen LogP contribution in [0.3, 0.4) is 0 Å². The average molecular weight is 194 g/mol. The molecule has 0 aliphatic carbocycles. The third kappa shape index (κ3) is 3.05. The lowest BCUT2D eigenvalue weighted by Gasteiger charge is -2.20. The molecule has 0 unspecified atom stereocenters. The highest BCUT2D eigenvalue weighted by atomic mass is 16.5. The fourth-order valence-corrected chi connectivity index (χ4v) is 0.977. The van der Waals surface area contributed by atoms with Crippen LogP contribution in [0.15, 0.2) is 24.5 Å². The van der Waals surface area contributed by atoms with E-state index in [0.717, 1.165) is 0 Å². The molecule has 0 radical (unpaired) electrons. The molecule has 0 bridgehead atoms. The Morgan fingerprint density at radius 1 is 1.36 bits per heavy atom. The van der Waals surface area contributed by atoms with Crippen LogP contribution in [-0.4, -0.2) is 11.4 Å². The third-order valence-corrected chi connectivity index (χ3v) is 1.55. The summed E-state index contributed by atoms with van der Waals surface area (Å²) in [5, 5.41) is 13.5. The molecule has 0 aliphatic heterocycles. The van der Waals surface area contributed by atoms with Crippen molar-refractivity contribution >= 4 is 5.91 Å². The zero-order chi connectivity index (χ0) is 10.8. The highest BCUT2D eigenvalue weighted by Gasteiger charge is 2.15. The lowest BCUT2D eigenvalue weighted by molar-refractivity contribution is -0.605. The number of amides is 1. The van der Waals surface area contributed by atoms with Crippen LogP contribution in [0.2, 0.25) is 0 Å². The maximum atomic E-state index is 11.5. The summed E-state index contributed by atoms with van der Waals surface area (Å²) in [5.74, 6) is -0.168. The Hall–Kier alpha value is -1.58. The largest absolute Gasteiger partial charge is 0.619 e. The van der Waals surface area contributed by atoms with Gasteiger partial charge in [0.15, 0.2) is 12.4 Å². The van der Waals surface area contributed by atoms with Crippen molar-refractivity contribution in [3.63, 3.8) is 0 Å². The van der Waals surface area contributed by atoms with E-state index in [1.165, 1.54) is 24.5 Å². The van der Waals surface area contributed by atoms with Gasteiger partial charge in [-0.3, -0.25) is 4.79 Å². The van der Waals surface area contributed by atoms with Gasteiger partial charge in [0, 0.05) is 17.7 Å². The van der Waals surface area contributed by atoms with Crippen LogP contribution in [0.1, 0.15) is 31.1 Å². The number of aromatic nitrogens is 1. The minimum Gasteiger partial charge on any atom is -0.619 e. The summed E-state index contributed by atoms with van der Waals surface area (Å²) in [6.45, 7) is 5.71. The fourth-order valence-electron chi connectivity index (χ4n) is 0.977. The first-order valence-electron chi connectivity index (χ1n) is 4.40. The Balaban J connectivity index is 2.76. The minimum atomic E-state index is -0.264. The zero-order valence-corrected chi connectivity index (χ0v) is 8.57. The van der Waals surface area contributed by atoms with Crippen molar-refractivity contribution in [1.29, 1.82) is 0 Å². The van der Waals surface area contributed by atoms with Crippen molar-refractivity contribution in [2.24, 2.45) is 0 Å². The Kier molecular flexibility index (Phi) is 2.74. The minimum absolute atomic E-state index is 0.168. The first-order valence-corrected chi connectivity index (χ1v) is 4.40. The summed E-state index contributed by atoms with van der Waals surface area (Å²) < 4.78 is 0.647. The molecule has 0 saturated heterocycles. The molecule has 0 atom stereocenters. The second-order valence-electron chi connectivity index (χ2n) is 4.15. The van der Waals surface area contributed by atoms with Gasteiger partial charge >= 0.3 is 0 Å². The van der Waals surface area contributed by atoms with Crippen LogP contribution in [-0.2, 0) is 0 Å². The third-order valence-electron chi connectivity index (χ3n) is 1.55. The van der Waals surface area contributed by atoms with E-state index in [2.05, 4.69) is 5.32 Å². The molecule has 1 amide bonds. The predicted octanol–water partition coefficient (Wildman–Crippen LogP) is 0.848. The maximum Gasteiger partial charge on any atom is 0.252 e. The molecular formula is C10H14N2O2. The van der Waals surface area contributed by atoms with Gasteiger partial charge in [0.25, 0.3) is 5.91 Å². The monoisotopic (exact) mass is 194 g/mol. The SMILES string of the molecule is CC(C)(C)NC(=O)c1cc[n+]([O-])cc1. The van der Waals surface area contributed by atoms with E-state index in [9.17, 15) is 10.0 Å². The highest BCUT2D eigenvalue weighted by Crippen LogP contribution is 2.02. The summed E-state index contributed by atoms with van der Waals surface area (Å²) >= 11 is 0. The molecule has 0 aromatic carbocycles. The van der Waals surface area contributed by atoms with Gasteiger partial charge in [-0.15, -0.1) is 0 Å². The summed E-state index contributed by atoms with van der Waals surface area (Å²) in [6, 6.07) is 2.99. The number of hydrogen-bond acceptors (Lipinski definition) is 2. The summed E-state index contributed by atoms with van der Waals surface area (Å²) in [5.41, 5.74) is 0.229. The maximum absolute atomic E-state index is 11.5. The van der Waals surface area contributed by atoms with E-state index in [0.29, 0.717) is 10.3 Å². The molecule has 0 fully saturated rings. The van der Waals surface area contributed by atoms with Crippen LogP contribution in [0.25, 0.3) is 0 Å². The van der Waals surface area contributed by atoms with Crippen LogP contribution in [0.4, 0.5) is 0 Å². The van der Waals surface area contributed by atoms with Crippen LogP contribution >= 0.6 is 0 Å². The number of rotatable bonds is 1. The number of nitrogens with one attached hydrogen (secondary N) is 1. The van der Waals surface area contributed by atoms with Crippen molar-refractivity contribution < 1.29 is 9.52 Å². The van der Waals surface area contributed by atoms with Gasteiger partial charge in [-0.1, -0.05) is 0 Å². The molecule has 4 nitrogen and oxygen atoms in total. The van der Waals surface area contributed by atoms with Crippen LogP contribution in [0.5, 0.6) is 0 Å². The van der Waals surface area contributed by atoms with Crippen molar-refractivity contribution in [1.82, 2.24) is 5.32 Å². The average Bonchev–Trinajstić information content (AvgIpc) is 2.02. The molecule has 1 aromatic heterocycles. The topological polar surface area (TPSA) is 56.0 Å². The van der Waals surface area contributed by atoms with Crippen molar-refractivity contribution in [2.75, 3.05) is 0 Å². The Morgan fingerprint density at radius 3 is 2.29 bits per heavy atom. The molecule has 1 rings (SSSR count). The molecule has 76 valence electrons.